The molecule has 208 valence electrons. The first-order chi connectivity index (χ1) is 21.7. The third-order valence-corrected chi connectivity index (χ3v) is 9.50. The van der Waals surface area contributed by atoms with Crippen molar-refractivity contribution >= 4 is 44.9 Å². The van der Waals surface area contributed by atoms with Gasteiger partial charge in [-0.1, -0.05) is 152 Å². The molecule has 0 heterocycles. The van der Waals surface area contributed by atoms with Gasteiger partial charge in [-0.3, -0.25) is 0 Å². The Morgan fingerprint density at radius 1 is 0.318 bits per heavy atom. The van der Waals surface area contributed by atoms with Crippen LogP contribution in [0.15, 0.2) is 163 Å². The number of fused-ring (bicyclic) bond motifs is 6. The Balaban J connectivity index is 1.23. The Morgan fingerprint density at radius 3 is 1.43 bits per heavy atom. The smallest absolute Gasteiger partial charge is 0.0197 e. The predicted molar refractivity (Wildman–Crippen MR) is 193 cm³/mol. The van der Waals surface area contributed by atoms with E-state index in [9.17, 15) is 0 Å². The van der Waals surface area contributed by atoms with Crippen LogP contribution in [0, 0.1) is 6.92 Å². The summed E-state index contributed by atoms with van der Waals surface area (Å²) >= 11 is 5.12. The van der Waals surface area contributed by atoms with Crippen molar-refractivity contribution in [1.29, 1.82) is 0 Å². The van der Waals surface area contributed by atoms with Gasteiger partial charge in [0.15, 0.2) is 0 Å². The number of benzene rings is 8. The lowest BCUT2D eigenvalue weighted by Crippen LogP contribution is -1.92. The van der Waals surface area contributed by atoms with Gasteiger partial charge >= 0.3 is 0 Å². The average Bonchev–Trinajstić information content (AvgIpc) is 3.09. The molecule has 1 heteroatoms. The molecular formula is C43H30S. The van der Waals surface area contributed by atoms with E-state index in [1.807, 2.05) is 0 Å². The molecule has 0 atom stereocenters. The van der Waals surface area contributed by atoms with Gasteiger partial charge in [-0.2, -0.15) is 0 Å². The van der Waals surface area contributed by atoms with Gasteiger partial charge in [0, 0.05) is 4.90 Å². The van der Waals surface area contributed by atoms with Crippen LogP contribution >= 0.6 is 12.6 Å². The molecule has 0 fully saturated rings. The number of rotatable bonds is 4. The van der Waals surface area contributed by atoms with Gasteiger partial charge < -0.3 is 0 Å². The molecule has 0 saturated carbocycles. The van der Waals surface area contributed by atoms with E-state index in [1.54, 1.807) is 0 Å². The highest BCUT2D eigenvalue weighted by molar-refractivity contribution is 7.80. The Kier molecular flexibility index (Phi) is 6.55. The fourth-order valence-corrected chi connectivity index (χ4v) is 7.18. The molecule has 0 N–H and O–H groups in total. The summed E-state index contributed by atoms with van der Waals surface area (Å²) < 4.78 is 0. The maximum atomic E-state index is 5.12. The zero-order chi connectivity index (χ0) is 29.6. The van der Waals surface area contributed by atoms with Crippen molar-refractivity contribution in [2.24, 2.45) is 0 Å². The largest absolute Gasteiger partial charge is 0.142 e. The standard InChI is InChI=1S/C43H30S/c1-28-33(32-25-26-40-38-15-6-5-13-36(38)37-14-7-8-16-39(37)42(40)27-32)17-9-18-34(28)41-20-10-19-35(43(41)44)31-23-21-30(22-24-31)29-11-3-2-4-12-29/h2-27,44H,1H3. The van der Waals surface area contributed by atoms with Gasteiger partial charge in [-0.25, -0.2) is 0 Å². The summed E-state index contributed by atoms with van der Waals surface area (Å²) in [7, 11) is 0. The lowest BCUT2D eigenvalue weighted by Gasteiger charge is -2.17. The zero-order valence-electron chi connectivity index (χ0n) is 24.5. The molecule has 8 rings (SSSR count). The van der Waals surface area contributed by atoms with Crippen LogP contribution in [0.1, 0.15) is 5.56 Å². The molecule has 0 aliphatic rings. The van der Waals surface area contributed by atoms with Crippen molar-refractivity contribution in [3.63, 3.8) is 0 Å². The summed E-state index contributed by atoms with van der Waals surface area (Å²) in [5, 5.41) is 7.77. The summed E-state index contributed by atoms with van der Waals surface area (Å²) in [6.07, 6.45) is 0. The van der Waals surface area contributed by atoms with Crippen LogP contribution in [-0.4, -0.2) is 0 Å². The van der Waals surface area contributed by atoms with Gasteiger partial charge in [0.1, 0.15) is 0 Å². The molecule has 0 saturated heterocycles. The zero-order valence-corrected chi connectivity index (χ0v) is 25.4. The topological polar surface area (TPSA) is 0 Å². The lowest BCUT2D eigenvalue weighted by molar-refractivity contribution is 1.39. The first-order valence-corrected chi connectivity index (χ1v) is 15.5. The van der Waals surface area contributed by atoms with Crippen molar-refractivity contribution in [2.45, 2.75) is 11.8 Å². The molecule has 0 radical (unpaired) electrons. The van der Waals surface area contributed by atoms with E-state index in [2.05, 4.69) is 165 Å². The molecule has 0 bridgehead atoms. The van der Waals surface area contributed by atoms with Crippen molar-refractivity contribution < 1.29 is 0 Å². The molecule has 0 aromatic heterocycles. The Hall–Kier alpha value is -5.11. The fourth-order valence-electron chi connectivity index (χ4n) is 6.78. The van der Waals surface area contributed by atoms with Gasteiger partial charge in [0.05, 0.1) is 0 Å². The van der Waals surface area contributed by atoms with Crippen LogP contribution in [-0.2, 0) is 0 Å². The fraction of sp³-hybridized carbons (Fsp3) is 0.0233. The third-order valence-electron chi connectivity index (χ3n) is 9.02. The quantitative estimate of drug-likeness (QED) is 0.156. The number of hydrogen-bond acceptors (Lipinski definition) is 1. The average molecular weight is 579 g/mol. The SMILES string of the molecule is Cc1c(-c2ccc3c4ccccc4c4ccccc4c3c2)cccc1-c1cccc(-c2ccc(-c3ccccc3)cc2)c1S. The van der Waals surface area contributed by atoms with Crippen LogP contribution in [0.5, 0.6) is 0 Å². The maximum Gasteiger partial charge on any atom is 0.0197 e. The minimum atomic E-state index is 0.996. The Labute approximate surface area is 263 Å². The summed E-state index contributed by atoms with van der Waals surface area (Å²) in [5.41, 5.74) is 10.8. The van der Waals surface area contributed by atoms with E-state index in [-0.39, 0.29) is 0 Å². The van der Waals surface area contributed by atoms with Crippen molar-refractivity contribution in [3.8, 4) is 44.5 Å². The van der Waals surface area contributed by atoms with E-state index < -0.39 is 0 Å². The van der Waals surface area contributed by atoms with Gasteiger partial charge in [-0.05, 0) is 95.4 Å². The maximum absolute atomic E-state index is 5.12. The highest BCUT2D eigenvalue weighted by Crippen LogP contribution is 2.41. The first kappa shape index (κ1) is 26.5. The normalized spacial score (nSPS) is 11.4. The second kappa shape index (κ2) is 10.9. The third kappa shape index (κ3) is 4.40. The predicted octanol–water partition coefficient (Wildman–Crippen LogP) is 12.4. The Bertz CT molecular complexity index is 2290. The minimum Gasteiger partial charge on any atom is -0.142 e. The van der Waals surface area contributed by atoms with Crippen molar-refractivity contribution in [3.05, 3.63) is 163 Å². The molecule has 8 aromatic carbocycles. The monoisotopic (exact) mass is 578 g/mol. The van der Waals surface area contributed by atoms with E-state index in [0.29, 0.717) is 0 Å². The molecule has 0 amide bonds. The number of thiol groups is 1. The molecule has 0 aliphatic carbocycles. The van der Waals surface area contributed by atoms with Crippen LogP contribution in [0.3, 0.4) is 0 Å². The van der Waals surface area contributed by atoms with Gasteiger partial charge in [0.2, 0.25) is 0 Å². The Morgan fingerprint density at radius 2 is 0.773 bits per heavy atom. The van der Waals surface area contributed by atoms with E-state index >= 15 is 0 Å². The second-order valence-electron chi connectivity index (χ2n) is 11.5. The van der Waals surface area contributed by atoms with Crippen LogP contribution < -0.4 is 0 Å². The van der Waals surface area contributed by atoms with Crippen LogP contribution in [0.4, 0.5) is 0 Å². The van der Waals surface area contributed by atoms with Crippen molar-refractivity contribution in [1.82, 2.24) is 0 Å². The lowest BCUT2D eigenvalue weighted by atomic mass is 9.88. The highest BCUT2D eigenvalue weighted by atomic mass is 32.1. The van der Waals surface area contributed by atoms with E-state index in [0.717, 1.165) is 16.0 Å². The van der Waals surface area contributed by atoms with Crippen molar-refractivity contribution in [2.75, 3.05) is 0 Å². The molecule has 0 aliphatic heterocycles. The van der Waals surface area contributed by atoms with Gasteiger partial charge in [-0.15, -0.1) is 12.6 Å². The summed E-state index contributed by atoms with van der Waals surface area (Å²) in [6, 6.07) is 56.9. The number of hydrogen-bond donors (Lipinski definition) is 1. The second-order valence-corrected chi connectivity index (χ2v) is 11.9. The molecule has 0 unspecified atom stereocenters. The summed E-state index contributed by atoms with van der Waals surface area (Å²) in [4.78, 5) is 0.996. The van der Waals surface area contributed by atoms with Crippen LogP contribution in [0.2, 0.25) is 0 Å². The minimum absolute atomic E-state index is 0.996. The van der Waals surface area contributed by atoms with E-state index in [1.165, 1.54) is 71.3 Å². The first-order valence-electron chi connectivity index (χ1n) is 15.1. The molecular weight excluding hydrogens is 549 g/mol. The van der Waals surface area contributed by atoms with E-state index in [4.69, 9.17) is 12.6 Å². The molecule has 44 heavy (non-hydrogen) atoms. The van der Waals surface area contributed by atoms with Gasteiger partial charge in [0.25, 0.3) is 0 Å². The summed E-state index contributed by atoms with van der Waals surface area (Å²) in [6.45, 7) is 2.24. The highest BCUT2D eigenvalue weighted by Gasteiger charge is 2.15. The molecule has 0 nitrogen and oxygen atoms in total. The molecule has 8 aromatic rings. The molecule has 0 spiro atoms. The summed E-state index contributed by atoms with van der Waals surface area (Å²) in [5.74, 6) is 0. The van der Waals surface area contributed by atoms with Crippen LogP contribution in [0.25, 0.3) is 76.8 Å².